The number of amides is 1. The summed E-state index contributed by atoms with van der Waals surface area (Å²) in [6.07, 6.45) is 6.04. The summed E-state index contributed by atoms with van der Waals surface area (Å²) in [6.45, 7) is -0.0994. The summed E-state index contributed by atoms with van der Waals surface area (Å²) in [5.41, 5.74) is 0.890. The zero-order valence-corrected chi connectivity index (χ0v) is 15.7. The van der Waals surface area contributed by atoms with Gasteiger partial charge >= 0.3 is 0 Å². The van der Waals surface area contributed by atoms with Gasteiger partial charge in [-0.1, -0.05) is 17.7 Å². The van der Waals surface area contributed by atoms with Crippen molar-refractivity contribution in [2.24, 2.45) is 0 Å². The van der Waals surface area contributed by atoms with Crippen molar-refractivity contribution < 1.29 is 13.2 Å². The molecule has 0 fully saturated rings. The van der Waals surface area contributed by atoms with E-state index in [0.29, 0.717) is 16.1 Å². The number of pyridine rings is 2. The van der Waals surface area contributed by atoms with E-state index in [1.165, 1.54) is 42.9 Å². The van der Waals surface area contributed by atoms with Gasteiger partial charge in [0.25, 0.3) is 5.91 Å². The molecule has 1 aromatic carbocycles. The Kier molecular flexibility index (Phi) is 5.83. The quantitative estimate of drug-likeness (QED) is 0.685. The van der Waals surface area contributed by atoms with E-state index in [0.717, 1.165) is 0 Å². The van der Waals surface area contributed by atoms with Crippen molar-refractivity contribution in [3.63, 3.8) is 0 Å². The van der Waals surface area contributed by atoms with Gasteiger partial charge in [-0.15, -0.1) is 0 Å². The zero-order chi connectivity index (χ0) is 19.3. The Bertz CT molecular complexity index is 1010. The third-order valence-electron chi connectivity index (χ3n) is 3.96. The predicted octanol–water partition coefficient (Wildman–Crippen LogP) is 3.08. The van der Waals surface area contributed by atoms with Crippen molar-refractivity contribution >= 4 is 27.3 Å². The molecular weight excluding hydrogens is 386 g/mol. The van der Waals surface area contributed by atoms with E-state index in [1.807, 2.05) is 0 Å². The number of carbonyl (C=O) groups is 1. The van der Waals surface area contributed by atoms with Crippen LogP contribution in [0, 0.1) is 0 Å². The molecule has 3 rings (SSSR count). The Hall–Kier alpha value is -2.77. The first-order valence-corrected chi connectivity index (χ1v) is 9.98. The fourth-order valence-corrected chi connectivity index (χ4v) is 4.32. The molecule has 138 valence electrons. The molecule has 1 unspecified atom stereocenters. The molecule has 0 radical (unpaired) electrons. The van der Waals surface area contributed by atoms with Gasteiger partial charge in [-0.3, -0.25) is 14.8 Å². The fraction of sp³-hybridized carbons (Fsp3) is 0.105. The van der Waals surface area contributed by atoms with Crippen LogP contribution in [0.5, 0.6) is 0 Å². The summed E-state index contributed by atoms with van der Waals surface area (Å²) in [7, 11) is -3.77. The van der Waals surface area contributed by atoms with E-state index >= 15 is 0 Å². The van der Waals surface area contributed by atoms with E-state index in [9.17, 15) is 13.2 Å². The fourth-order valence-electron chi connectivity index (χ4n) is 2.55. The maximum atomic E-state index is 13.2. The van der Waals surface area contributed by atoms with Gasteiger partial charge < -0.3 is 5.32 Å². The van der Waals surface area contributed by atoms with Crippen molar-refractivity contribution in [3.8, 4) is 0 Å². The molecule has 0 aliphatic carbocycles. The minimum atomic E-state index is -3.77. The molecule has 1 amide bonds. The largest absolute Gasteiger partial charge is 0.350 e. The standard InChI is InChI=1S/C19H16ClN3O3S/c20-16-3-5-17(6-4-16)27(25,26)18(15-2-1-9-22-12-15)13-23-19(24)14-7-10-21-11-8-14/h1-12,18H,13H2,(H,23,24). The van der Waals surface area contributed by atoms with Crippen LogP contribution in [0.4, 0.5) is 0 Å². The summed E-state index contributed by atoms with van der Waals surface area (Å²) >= 11 is 5.86. The van der Waals surface area contributed by atoms with Crippen LogP contribution in [-0.2, 0) is 9.84 Å². The van der Waals surface area contributed by atoms with E-state index in [2.05, 4.69) is 15.3 Å². The predicted molar refractivity (Wildman–Crippen MR) is 102 cm³/mol. The number of carbonyl (C=O) groups excluding carboxylic acids is 1. The van der Waals surface area contributed by atoms with Crippen molar-refractivity contribution in [2.75, 3.05) is 6.54 Å². The smallest absolute Gasteiger partial charge is 0.251 e. The van der Waals surface area contributed by atoms with Gasteiger partial charge in [-0.2, -0.15) is 0 Å². The van der Waals surface area contributed by atoms with Crippen molar-refractivity contribution in [2.45, 2.75) is 10.1 Å². The second-order valence-electron chi connectivity index (χ2n) is 5.72. The molecule has 0 bridgehead atoms. The minimum absolute atomic E-state index is 0.0994. The van der Waals surface area contributed by atoms with Crippen LogP contribution in [0.1, 0.15) is 21.2 Å². The number of benzene rings is 1. The number of halogens is 1. The summed E-state index contributed by atoms with van der Waals surface area (Å²) in [5.74, 6) is -0.377. The van der Waals surface area contributed by atoms with Crippen LogP contribution >= 0.6 is 11.6 Å². The van der Waals surface area contributed by atoms with Crippen molar-refractivity contribution in [3.05, 3.63) is 89.5 Å². The molecule has 0 saturated heterocycles. The SMILES string of the molecule is O=C(NCC(c1cccnc1)S(=O)(=O)c1ccc(Cl)cc1)c1ccncc1. The molecule has 2 aromatic heterocycles. The molecule has 8 heteroatoms. The zero-order valence-electron chi connectivity index (χ0n) is 14.1. The lowest BCUT2D eigenvalue weighted by Gasteiger charge is -2.19. The van der Waals surface area contributed by atoms with E-state index < -0.39 is 15.1 Å². The monoisotopic (exact) mass is 401 g/mol. The molecule has 6 nitrogen and oxygen atoms in total. The Labute approximate surface area is 162 Å². The van der Waals surface area contributed by atoms with E-state index in [4.69, 9.17) is 11.6 Å². The third-order valence-corrected chi connectivity index (χ3v) is 6.33. The Morgan fingerprint density at radius 1 is 1.00 bits per heavy atom. The lowest BCUT2D eigenvalue weighted by molar-refractivity contribution is 0.0953. The average molecular weight is 402 g/mol. The van der Waals surface area contributed by atoms with Gasteiger partial charge in [0, 0.05) is 41.9 Å². The summed E-state index contributed by atoms with van der Waals surface area (Å²) in [5, 5.41) is 2.14. The Morgan fingerprint density at radius 2 is 1.70 bits per heavy atom. The first-order valence-electron chi connectivity index (χ1n) is 8.06. The van der Waals surface area contributed by atoms with Gasteiger partial charge in [0.1, 0.15) is 5.25 Å². The van der Waals surface area contributed by atoms with Gasteiger partial charge in [0.05, 0.1) is 4.90 Å². The summed E-state index contributed by atoms with van der Waals surface area (Å²) < 4.78 is 26.3. The summed E-state index contributed by atoms with van der Waals surface area (Å²) in [6, 6.07) is 12.4. The van der Waals surface area contributed by atoms with Crippen LogP contribution in [0.15, 0.2) is 78.2 Å². The van der Waals surface area contributed by atoms with E-state index in [-0.39, 0.29) is 17.3 Å². The highest BCUT2D eigenvalue weighted by molar-refractivity contribution is 7.91. The summed E-state index contributed by atoms with van der Waals surface area (Å²) in [4.78, 5) is 20.3. The number of rotatable bonds is 6. The van der Waals surface area contributed by atoms with E-state index in [1.54, 1.807) is 30.5 Å². The van der Waals surface area contributed by atoms with Crippen LogP contribution in [0.3, 0.4) is 0 Å². The molecule has 1 atom stereocenters. The van der Waals surface area contributed by atoms with Crippen LogP contribution in [0.2, 0.25) is 5.02 Å². The number of nitrogens with zero attached hydrogens (tertiary/aromatic N) is 2. The van der Waals surface area contributed by atoms with Crippen molar-refractivity contribution in [1.82, 2.24) is 15.3 Å². The normalized spacial score (nSPS) is 12.3. The Morgan fingerprint density at radius 3 is 2.33 bits per heavy atom. The molecule has 0 aliphatic heterocycles. The lowest BCUT2D eigenvalue weighted by atomic mass is 10.2. The third kappa shape index (κ3) is 4.50. The second kappa shape index (κ2) is 8.28. The molecular formula is C19H16ClN3O3S. The van der Waals surface area contributed by atoms with Crippen molar-refractivity contribution in [1.29, 1.82) is 0 Å². The topological polar surface area (TPSA) is 89.0 Å². The number of hydrogen-bond acceptors (Lipinski definition) is 5. The lowest BCUT2D eigenvalue weighted by Crippen LogP contribution is -2.32. The molecule has 2 heterocycles. The highest BCUT2D eigenvalue weighted by Crippen LogP contribution is 2.29. The minimum Gasteiger partial charge on any atom is -0.350 e. The molecule has 1 N–H and O–H groups in total. The maximum absolute atomic E-state index is 13.2. The molecule has 0 spiro atoms. The Balaban J connectivity index is 1.90. The number of aromatic nitrogens is 2. The number of nitrogens with one attached hydrogen (secondary N) is 1. The highest BCUT2D eigenvalue weighted by atomic mass is 35.5. The second-order valence-corrected chi connectivity index (χ2v) is 8.29. The maximum Gasteiger partial charge on any atom is 0.251 e. The van der Waals surface area contributed by atoms with Gasteiger partial charge in [-0.25, -0.2) is 8.42 Å². The molecule has 0 saturated carbocycles. The first kappa shape index (κ1) is 19.0. The van der Waals surface area contributed by atoms with Crippen LogP contribution in [-0.4, -0.2) is 30.8 Å². The number of sulfone groups is 1. The van der Waals surface area contributed by atoms with Gasteiger partial charge in [0.15, 0.2) is 9.84 Å². The van der Waals surface area contributed by atoms with Crippen LogP contribution < -0.4 is 5.32 Å². The highest BCUT2D eigenvalue weighted by Gasteiger charge is 2.30. The molecule has 27 heavy (non-hydrogen) atoms. The van der Waals surface area contributed by atoms with Crippen LogP contribution in [0.25, 0.3) is 0 Å². The molecule has 3 aromatic rings. The number of hydrogen-bond donors (Lipinski definition) is 1. The molecule has 0 aliphatic rings. The average Bonchev–Trinajstić information content (AvgIpc) is 2.69. The first-order chi connectivity index (χ1) is 13.0. The van der Waals surface area contributed by atoms with Gasteiger partial charge in [-0.05, 0) is 48.0 Å². The van der Waals surface area contributed by atoms with Gasteiger partial charge in [0.2, 0.25) is 0 Å².